The molecule has 0 heterocycles. The number of hydrogen-bond donors (Lipinski definition) is 2. The highest BCUT2D eigenvalue weighted by atomic mass is 16.5. The van der Waals surface area contributed by atoms with Crippen molar-refractivity contribution in [3.63, 3.8) is 0 Å². The van der Waals surface area contributed by atoms with E-state index in [-0.39, 0.29) is 5.57 Å². The second-order valence-corrected chi connectivity index (χ2v) is 5.54. The van der Waals surface area contributed by atoms with Crippen molar-refractivity contribution in [2.45, 2.75) is 6.92 Å². The predicted molar refractivity (Wildman–Crippen MR) is 103 cm³/mol. The average molecular weight is 367 g/mol. The first-order chi connectivity index (χ1) is 13.0. The number of rotatable bonds is 7. The number of aryl methyl sites for hydroxylation is 1. The van der Waals surface area contributed by atoms with Crippen molar-refractivity contribution in [2.24, 2.45) is 0 Å². The van der Waals surface area contributed by atoms with E-state index in [1.54, 1.807) is 37.4 Å². The number of carbonyl (C=O) groups excluding carboxylic acids is 1. The summed E-state index contributed by atoms with van der Waals surface area (Å²) in [4.78, 5) is 12.4. The van der Waals surface area contributed by atoms with Gasteiger partial charge in [-0.3, -0.25) is 4.79 Å². The zero-order valence-electron chi connectivity index (χ0n) is 15.6. The number of nitrogens with one attached hydrogen (secondary N) is 2. The van der Waals surface area contributed by atoms with E-state index in [0.717, 1.165) is 5.56 Å². The van der Waals surface area contributed by atoms with Crippen molar-refractivity contribution in [3.05, 3.63) is 53.7 Å². The third-order valence-corrected chi connectivity index (χ3v) is 3.73. The number of nitriles is 1. The molecule has 0 atom stereocenters. The highest BCUT2D eigenvalue weighted by molar-refractivity contribution is 6.07. The van der Waals surface area contributed by atoms with Gasteiger partial charge in [-0.2, -0.15) is 5.26 Å². The summed E-state index contributed by atoms with van der Waals surface area (Å²) in [6.45, 7) is 1.90. The lowest BCUT2D eigenvalue weighted by molar-refractivity contribution is -0.112. The fraction of sp³-hybridized carbons (Fsp3) is 0.200. The van der Waals surface area contributed by atoms with Gasteiger partial charge in [0.05, 0.1) is 27.0 Å². The molecule has 0 saturated carbocycles. The summed E-state index contributed by atoms with van der Waals surface area (Å²) in [6.07, 6.45) is 1.33. The quantitative estimate of drug-likeness (QED) is 0.575. The maximum atomic E-state index is 12.4. The molecule has 1 amide bonds. The Balaban J connectivity index is 2.18. The van der Waals surface area contributed by atoms with E-state index >= 15 is 0 Å². The number of anilines is 2. The molecule has 140 valence electrons. The molecule has 0 unspecified atom stereocenters. The van der Waals surface area contributed by atoms with Crippen LogP contribution in [0.1, 0.15) is 5.56 Å². The molecule has 0 saturated heterocycles. The molecule has 2 N–H and O–H groups in total. The lowest BCUT2D eigenvalue weighted by Gasteiger charge is -2.11. The molecule has 0 aliphatic heterocycles. The molecule has 0 aromatic heterocycles. The summed E-state index contributed by atoms with van der Waals surface area (Å²) in [7, 11) is 4.59. The van der Waals surface area contributed by atoms with E-state index in [1.807, 2.05) is 19.1 Å². The molecule has 0 radical (unpaired) electrons. The first kappa shape index (κ1) is 19.7. The van der Waals surface area contributed by atoms with Crippen molar-refractivity contribution in [2.75, 3.05) is 32.0 Å². The van der Waals surface area contributed by atoms with E-state index in [1.165, 1.54) is 20.4 Å². The van der Waals surface area contributed by atoms with Crippen LogP contribution in [0.5, 0.6) is 17.2 Å². The molecule has 2 aromatic rings. The molecule has 7 nitrogen and oxygen atoms in total. The van der Waals surface area contributed by atoms with Crippen molar-refractivity contribution in [1.29, 1.82) is 5.26 Å². The van der Waals surface area contributed by atoms with Crippen LogP contribution in [-0.2, 0) is 4.79 Å². The minimum atomic E-state index is -0.547. The molecule has 2 aromatic carbocycles. The zero-order valence-corrected chi connectivity index (χ0v) is 15.6. The van der Waals surface area contributed by atoms with Crippen LogP contribution in [0.25, 0.3) is 0 Å². The average Bonchev–Trinajstić information content (AvgIpc) is 2.68. The van der Waals surface area contributed by atoms with Crippen LogP contribution < -0.4 is 24.8 Å². The van der Waals surface area contributed by atoms with Crippen LogP contribution in [0.4, 0.5) is 11.4 Å². The molecule has 27 heavy (non-hydrogen) atoms. The number of carbonyl (C=O) groups is 1. The van der Waals surface area contributed by atoms with Gasteiger partial charge in [0.15, 0.2) is 11.5 Å². The second kappa shape index (κ2) is 9.15. The van der Waals surface area contributed by atoms with Crippen LogP contribution in [0.3, 0.4) is 0 Å². The molecule has 0 fully saturated rings. The summed E-state index contributed by atoms with van der Waals surface area (Å²) in [6, 6.07) is 12.4. The summed E-state index contributed by atoms with van der Waals surface area (Å²) in [5.41, 5.74) is 2.00. The topological polar surface area (TPSA) is 92.6 Å². The van der Waals surface area contributed by atoms with E-state index in [4.69, 9.17) is 14.2 Å². The monoisotopic (exact) mass is 367 g/mol. The van der Waals surface area contributed by atoms with E-state index < -0.39 is 5.91 Å². The Hall–Kier alpha value is -3.66. The Kier molecular flexibility index (Phi) is 6.67. The Labute approximate surface area is 158 Å². The first-order valence-corrected chi connectivity index (χ1v) is 8.07. The minimum absolute atomic E-state index is 0.0895. The SMILES string of the molecule is COc1ccc(C)cc1NC(=O)/C(C#N)=C\Nc1ccc(OC)c(OC)c1. The largest absolute Gasteiger partial charge is 0.495 e. The second-order valence-electron chi connectivity index (χ2n) is 5.54. The Morgan fingerprint density at radius 2 is 1.67 bits per heavy atom. The predicted octanol–water partition coefficient (Wildman–Crippen LogP) is 3.48. The van der Waals surface area contributed by atoms with Crippen LogP contribution in [0, 0.1) is 18.3 Å². The Morgan fingerprint density at radius 3 is 2.30 bits per heavy atom. The third-order valence-electron chi connectivity index (χ3n) is 3.73. The minimum Gasteiger partial charge on any atom is -0.495 e. The standard InChI is InChI=1S/C20H21N3O4/c1-13-5-7-17(25-2)16(9-13)23-20(24)14(11-21)12-22-15-6-8-18(26-3)19(10-15)27-4/h5-10,12,22H,1-4H3,(H,23,24)/b14-12-. The van der Waals surface area contributed by atoms with Gasteiger partial charge in [-0.25, -0.2) is 0 Å². The van der Waals surface area contributed by atoms with Crippen LogP contribution in [0.2, 0.25) is 0 Å². The van der Waals surface area contributed by atoms with Crippen molar-refractivity contribution < 1.29 is 19.0 Å². The summed E-state index contributed by atoms with van der Waals surface area (Å²) in [5, 5.41) is 14.9. The van der Waals surface area contributed by atoms with Gasteiger partial charge in [0.2, 0.25) is 0 Å². The van der Waals surface area contributed by atoms with Crippen LogP contribution in [0.15, 0.2) is 48.2 Å². The molecule has 0 aliphatic rings. The molecule has 2 rings (SSSR count). The molecular weight excluding hydrogens is 346 g/mol. The highest BCUT2D eigenvalue weighted by Crippen LogP contribution is 2.30. The van der Waals surface area contributed by atoms with Crippen molar-refractivity contribution >= 4 is 17.3 Å². The number of hydrogen-bond acceptors (Lipinski definition) is 6. The third kappa shape index (κ3) is 4.92. The van der Waals surface area contributed by atoms with Gasteiger partial charge in [0.25, 0.3) is 5.91 Å². The maximum absolute atomic E-state index is 12.4. The Morgan fingerprint density at radius 1 is 1.00 bits per heavy atom. The van der Waals surface area contributed by atoms with E-state index in [2.05, 4.69) is 10.6 Å². The fourth-order valence-corrected chi connectivity index (χ4v) is 2.34. The van der Waals surface area contributed by atoms with E-state index in [9.17, 15) is 10.1 Å². The highest BCUT2D eigenvalue weighted by Gasteiger charge is 2.13. The molecule has 0 aliphatic carbocycles. The zero-order chi connectivity index (χ0) is 19.8. The van der Waals surface area contributed by atoms with Gasteiger partial charge in [0.1, 0.15) is 17.4 Å². The van der Waals surface area contributed by atoms with Gasteiger partial charge in [0, 0.05) is 18.0 Å². The van der Waals surface area contributed by atoms with Crippen LogP contribution >= 0.6 is 0 Å². The smallest absolute Gasteiger partial charge is 0.267 e. The first-order valence-electron chi connectivity index (χ1n) is 8.07. The lowest BCUT2D eigenvalue weighted by Crippen LogP contribution is -2.15. The molecule has 0 bridgehead atoms. The van der Waals surface area contributed by atoms with Crippen molar-refractivity contribution in [1.82, 2.24) is 0 Å². The van der Waals surface area contributed by atoms with Gasteiger partial charge >= 0.3 is 0 Å². The van der Waals surface area contributed by atoms with Gasteiger partial charge in [-0.1, -0.05) is 6.07 Å². The fourth-order valence-electron chi connectivity index (χ4n) is 2.34. The molecule has 7 heteroatoms. The lowest BCUT2D eigenvalue weighted by atomic mass is 10.2. The molecular formula is C20H21N3O4. The molecule has 0 spiro atoms. The van der Waals surface area contributed by atoms with Gasteiger partial charge in [-0.05, 0) is 36.8 Å². The summed E-state index contributed by atoms with van der Waals surface area (Å²) < 4.78 is 15.6. The number of methoxy groups -OCH3 is 3. The summed E-state index contributed by atoms with van der Waals surface area (Å²) in [5.74, 6) is 1.08. The summed E-state index contributed by atoms with van der Waals surface area (Å²) >= 11 is 0. The van der Waals surface area contributed by atoms with E-state index in [0.29, 0.717) is 28.6 Å². The van der Waals surface area contributed by atoms with Crippen LogP contribution in [-0.4, -0.2) is 27.2 Å². The number of amides is 1. The number of ether oxygens (including phenoxy) is 3. The normalized spacial score (nSPS) is 10.6. The number of benzene rings is 2. The van der Waals surface area contributed by atoms with Gasteiger partial charge < -0.3 is 24.8 Å². The number of nitrogens with zero attached hydrogens (tertiary/aromatic N) is 1. The Bertz CT molecular complexity index is 901. The maximum Gasteiger partial charge on any atom is 0.267 e. The van der Waals surface area contributed by atoms with Crippen molar-refractivity contribution in [3.8, 4) is 23.3 Å². The van der Waals surface area contributed by atoms with Gasteiger partial charge in [-0.15, -0.1) is 0 Å².